The van der Waals surface area contributed by atoms with E-state index in [1.165, 1.54) is 0 Å². The Morgan fingerprint density at radius 3 is 2.18 bits per heavy atom. The largest absolute Gasteiger partial charge is 0.427 e. The molecule has 0 aliphatic carbocycles. The quantitative estimate of drug-likeness (QED) is 0.528. The molecule has 0 aliphatic rings. The van der Waals surface area contributed by atoms with E-state index in [-0.39, 0.29) is 5.57 Å². The van der Waals surface area contributed by atoms with E-state index in [0.717, 1.165) is 6.21 Å². The molecule has 2 aromatic carbocycles. The standard InChI is InChI=1S/C16H11ClF3NS/c17-15(16(18,19)20)12(11-6-2-1-3-7-11)10-21-13-8-4-5-9-14(13)22/h1-10,22H/b15-12-,21-10?. The number of alkyl halides is 3. The molecule has 2 aromatic rings. The Balaban J connectivity index is 2.50. The zero-order valence-corrected chi connectivity index (χ0v) is 12.8. The third-order valence-corrected chi connectivity index (χ3v) is 3.58. The second-order valence-corrected chi connectivity index (χ2v) is 5.20. The monoisotopic (exact) mass is 341 g/mol. The minimum absolute atomic E-state index is 0.189. The Kier molecular flexibility index (Phi) is 5.32. The predicted molar refractivity (Wildman–Crippen MR) is 87.1 cm³/mol. The van der Waals surface area contributed by atoms with Crippen molar-refractivity contribution in [3.05, 3.63) is 65.2 Å². The molecule has 0 bridgehead atoms. The molecule has 0 saturated carbocycles. The summed E-state index contributed by atoms with van der Waals surface area (Å²) in [6.45, 7) is 0. The number of aliphatic imine (C=N–C) groups is 1. The third kappa shape index (κ3) is 4.15. The first kappa shape index (κ1) is 16.6. The smallest absolute Gasteiger partial charge is 0.255 e. The molecule has 0 heterocycles. The summed E-state index contributed by atoms with van der Waals surface area (Å²) in [7, 11) is 0. The van der Waals surface area contributed by atoms with Gasteiger partial charge < -0.3 is 0 Å². The maximum Gasteiger partial charge on any atom is 0.427 e. The zero-order chi connectivity index (χ0) is 16.2. The number of benzene rings is 2. The van der Waals surface area contributed by atoms with E-state index in [1.54, 1.807) is 54.6 Å². The zero-order valence-electron chi connectivity index (χ0n) is 11.2. The van der Waals surface area contributed by atoms with Crippen LogP contribution < -0.4 is 0 Å². The molecule has 114 valence electrons. The molecule has 0 spiro atoms. The van der Waals surface area contributed by atoms with Gasteiger partial charge in [-0.3, -0.25) is 4.99 Å². The van der Waals surface area contributed by atoms with Gasteiger partial charge in [-0.1, -0.05) is 54.1 Å². The highest BCUT2D eigenvalue weighted by molar-refractivity contribution is 7.80. The Hall–Kier alpha value is -1.72. The number of rotatable bonds is 3. The van der Waals surface area contributed by atoms with Gasteiger partial charge in [0.2, 0.25) is 0 Å². The number of allylic oxidation sites excluding steroid dienone is 2. The maximum absolute atomic E-state index is 12.9. The molecular formula is C16H11ClF3NS. The van der Waals surface area contributed by atoms with Crippen molar-refractivity contribution in [2.75, 3.05) is 0 Å². The molecular weight excluding hydrogens is 331 g/mol. The minimum Gasteiger partial charge on any atom is -0.255 e. The van der Waals surface area contributed by atoms with E-state index in [1.807, 2.05) is 0 Å². The lowest BCUT2D eigenvalue weighted by Crippen LogP contribution is -2.10. The van der Waals surface area contributed by atoms with E-state index in [4.69, 9.17) is 11.6 Å². The van der Waals surface area contributed by atoms with Crippen molar-refractivity contribution in [1.29, 1.82) is 0 Å². The van der Waals surface area contributed by atoms with Crippen LogP contribution in [0.4, 0.5) is 18.9 Å². The molecule has 0 saturated heterocycles. The summed E-state index contributed by atoms with van der Waals surface area (Å²) in [6.07, 6.45) is -3.53. The molecule has 0 amide bonds. The van der Waals surface area contributed by atoms with Crippen LogP contribution in [0.25, 0.3) is 5.57 Å². The molecule has 0 fully saturated rings. The SMILES string of the molecule is FC(F)(F)/C(Cl)=C(\C=Nc1ccccc1S)c1ccccc1. The van der Waals surface area contributed by atoms with Crippen molar-refractivity contribution < 1.29 is 13.2 Å². The first-order valence-electron chi connectivity index (χ1n) is 6.24. The molecule has 0 atom stereocenters. The molecule has 0 aliphatic heterocycles. The first-order valence-corrected chi connectivity index (χ1v) is 7.06. The van der Waals surface area contributed by atoms with E-state index in [0.29, 0.717) is 16.1 Å². The molecule has 22 heavy (non-hydrogen) atoms. The number of hydrogen-bond donors (Lipinski definition) is 1. The van der Waals surface area contributed by atoms with Crippen molar-refractivity contribution in [2.24, 2.45) is 4.99 Å². The van der Waals surface area contributed by atoms with E-state index in [9.17, 15) is 13.2 Å². The van der Waals surface area contributed by atoms with Crippen LogP contribution >= 0.6 is 24.2 Å². The number of nitrogens with zero attached hydrogens (tertiary/aromatic N) is 1. The van der Waals surface area contributed by atoms with Gasteiger partial charge in [0.05, 0.1) is 5.69 Å². The molecule has 0 N–H and O–H groups in total. The van der Waals surface area contributed by atoms with Crippen molar-refractivity contribution in [3.8, 4) is 0 Å². The topological polar surface area (TPSA) is 12.4 Å². The van der Waals surface area contributed by atoms with Gasteiger partial charge in [-0.2, -0.15) is 13.2 Å². The van der Waals surface area contributed by atoms with Crippen molar-refractivity contribution in [1.82, 2.24) is 0 Å². The Morgan fingerprint density at radius 2 is 1.59 bits per heavy atom. The summed E-state index contributed by atoms with van der Waals surface area (Å²) in [5.41, 5.74) is 0.613. The summed E-state index contributed by atoms with van der Waals surface area (Å²) in [5, 5.41) is -1.21. The van der Waals surface area contributed by atoms with Gasteiger partial charge in [-0.05, 0) is 17.7 Å². The summed E-state index contributed by atoms with van der Waals surface area (Å²) in [6, 6.07) is 14.9. The second-order valence-electron chi connectivity index (χ2n) is 4.34. The van der Waals surface area contributed by atoms with Gasteiger partial charge in [-0.15, -0.1) is 12.6 Å². The normalized spacial score (nSPS) is 13.3. The molecule has 0 radical (unpaired) electrons. The number of halogens is 4. The number of hydrogen-bond acceptors (Lipinski definition) is 2. The van der Waals surface area contributed by atoms with Crippen molar-refractivity contribution >= 4 is 41.7 Å². The predicted octanol–water partition coefficient (Wildman–Crippen LogP) is 5.89. The van der Waals surface area contributed by atoms with E-state index < -0.39 is 11.2 Å². The number of para-hydroxylation sites is 1. The van der Waals surface area contributed by atoms with Gasteiger partial charge in [0.15, 0.2) is 0 Å². The number of thiol groups is 1. The average molecular weight is 342 g/mol. The van der Waals surface area contributed by atoms with Gasteiger partial charge in [0.1, 0.15) is 5.03 Å². The van der Waals surface area contributed by atoms with Gasteiger partial charge in [0.25, 0.3) is 0 Å². The average Bonchev–Trinajstić information content (AvgIpc) is 2.49. The highest BCUT2D eigenvalue weighted by Crippen LogP contribution is 2.35. The van der Waals surface area contributed by atoms with Crippen LogP contribution in [-0.2, 0) is 0 Å². The van der Waals surface area contributed by atoms with E-state index >= 15 is 0 Å². The first-order chi connectivity index (χ1) is 10.4. The summed E-state index contributed by atoms with van der Waals surface area (Å²) >= 11 is 9.72. The van der Waals surface area contributed by atoms with Crippen LogP contribution in [0.3, 0.4) is 0 Å². The van der Waals surface area contributed by atoms with Crippen molar-refractivity contribution in [2.45, 2.75) is 11.1 Å². The fourth-order valence-electron chi connectivity index (χ4n) is 1.74. The van der Waals surface area contributed by atoms with Crippen LogP contribution in [0.1, 0.15) is 5.56 Å². The molecule has 2 rings (SSSR count). The van der Waals surface area contributed by atoms with Crippen LogP contribution in [0.2, 0.25) is 0 Å². The van der Waals surface area contributed by atoms with Gasteiger partial charge >= 0.3 is 6.18 Å². The lowest BCUT2D eigenvalue weighted by Gasteiger charge is -2.10. The summed E-state index contributed by atoms with van der Waals surface area (Å²) < 4.78 is 38.8. The minimum atomic E-state index is -4.64. The highest BCUT2D eigenvalue weighted by atomic mass is 35.5. The lowest BCUT2D eigenvalue weighted by atomic mass is 10.1. The molecule has 6 heteroatoms. The highest BCUT2D eigenvalue weighted by Gasteiger charge is 2.35. The van der Waals surface area contributed by atoms with Gasteiger partial charge in [-0.25, -0.2) is 0 Å². The van der Waals surface area contributed by atoms with Crippen LogP contribution in [0, 0.1) is 0 Å². The van der Waals surface area contributed by atoms with Crippen LogP contribution in [-0.4, -0.2) is 12.4 Å². The summed E-state index contributed by atoms with van der Waals surface area (Å²) in [5.74, 6) is 0. The fraction of sp³-hybridized carbons (Fsp3) is 0.0625. The van der Waals surface area contributed by atoms with Crippen LogP contribution in [0.5, 0.6) is 0 Å². The van der Waals surface area contributed by atoms with Gasteiger partial charge in [0, 0.05) is 16.7 Å². The maximum atomic E-state index is 12.9. The van der Waals surface area contributed by atoms with Crippen LogP contribution in [0.15, 0.2) is 69.5 Å². The Bertz CT molecular complexity index is 709. The lowest BCUT2D eigenvalue weighted by molar-refractivity contribution is -0.0838. The summed E-state index contributed by atoms with van der Waals surface area (Å²) in [4.78, 5) is 4.64. The Morgan fingerprint density at radius 1 is 1.00 bits per heavy atom. The second kappa shape index (κ2) is 7.03. The third-order valence-electron chi connectivity index (χ3n) is 2.78. The molecule has 1 nitrogen and oxygen atoms in total. The Labute approximate surface area is 136 Å². The molecule has 0 aromatic heterocycles. The van der Waals surface area contributed by atoms with Crippen molar-refractivity contribution in [3.63, 3.8) is 0 Å². The molecule has 0 unspecified atom stereocenters. The fourth-order valence-corrected chi connectivity index (χ4v) is 2.11. The van der Waals surface area contributed by atoms with E-state index in [2.05, 4.69) is 17.6 Å².